The smallest absolute Gasteiger partial charge is 0.215 e. The highest BCUT2D eigenvalue weighted by Gasteiger charge is 2.51. The summed E-state index contributed by atoms with van der Waals surface area (Å²) in [5.41, 5.74) is -0.185. The quantitative estimate of drug-likeness (QED) is 0.787. The average Bonchev–Trinajstić information content (AvgIpc) is 2.22. The number of ether oxygens (including phenoxy) is 1. The van der Waals surface area contributed by atoms with Gasteiger partial charge < -0.3 is 4.74 Å². The van der Waals surface area contributed by atoms with Crippen LogP contribution in [-0.4, -0.2) is 43.3 Å². The van der Waals surface area contributed by atoms with E-state index in [4.69, 9.17) is 4.74 Å². The molecule has 1 saturated heterocycles. The van der Waals surface area contributed by atoms with Crippen molar-refractivity contribution in [3.8, 4) is 0 Å². The first-order valence-electron chi connectivity index (χ1n) is 7.14. The molecule has 1 aliphatic heterocycles. The predicted molar refractivity (Wildman–Crippen MR) is 69.8 cm³/mol. The molecular weight excluding hydrogens is 250 g/mol. The van der Waals surface area contributed by atoms with Gasteiger partial charge in [-0.2, -0.15) is 4.31 Å². The SMILES string of the molecule is CC1CN(S(=O)(=O)CC2CCC2)C2(CCC2)CO1. The molecule has 2 aliphatic carbocycles. The predicted octanol–water partition coefficient (Wildman–Crippen LogP) is 1.76. The van der Waals surface area contributed by atoms with Gasteiger partial charge in [-0.1, -0.05) is 6.42 Å². The molecule has 0 N–H and O–H groups in total. The van der Waals surface area contributed by atoms with Crippen LogP contribution in [0.3, 0.4) is 0 Å². The highest BCUT2D eigenvalue weighted by atomic mass is 32.2. The van der Waals surface area contributed by atoms with E-state index in [-0.39, 0.29) is 11.6 Å². The fraction of sp³-hybridized carbons (Fsp3) is 1.00. The topological polar surface area (TPSA) is 46.6 Å². The van der Waals surface area contributed by atoms with Crippen molar-refractivity contribution in [3.63, 3.8) is 0 Å². The number of nitrogens with zero attached hydrogens (tertiary/aromatic N) is 1. The Morgan fingerprint density at radius 2 is 2.00 bits per heavy atom. The first-order chi connectivity index (χ1) is 8.52. The maximum absolute atomic E-state index is 12.6. The van der Waals surface area contributed by atoms with E-state index < -0.39 is 10.0 Å². The third-order valence-corrected chi connectivity index (χ3v) is 6.98. The number of hydrogen-bond acceptors (Lipinski definition) is 3. The molecule has 0 amide bonds. The van der Waals surface area contributed by atoms with Crippen LogP contribution in [0.4, 0.5) is 0 Å². The molecule has 5 heteroatoms. The molecule has 1 heterocycles. The van der Waals surface area contributed by atoms with E-state index in [9.17, 15) is 8.42 Å². The Balaban J connectivity index is 1.78. The molecular formula is C13H23NO3S. The van der Waals surface area contributed by atoms with E-state index >= 15 is 0 Å². The van der Waals surface area contributed by atoms with Crippen LogP contribution in [0, 0.1) is 5.92 Å². The van der Waals surface area contributed by atoms with E-state index in [1.807, 2.05) is 6.92 Å². The van der Waals surface area contributed by atoms with Gasteiger partial charge in [0.15, 0.2) is 0 Å². The maximum Gasteiger partial charge on any atom is 0.215 e. The van der Waals surface area contributed by atoms with Crippen LogP contribution in [0.5, 0.6) is 0 Å². The lowest BCUT2D eigenvalue weighted by molar-refractivity contribution is -0.100. The van der Waals surface area contributed by atoms with E-state index in [2.05, 4.69) is 0 Å². The summed E-state index contributed by atoms with van der Waals surface area (Å²) in [6, 6.07) is 0. The van der Waals surface area contributed by atoms with Crippen molar-refractivity contribution in [1.29, 1.82) is 0 Å². The van der Waals surface area contributed by atoms with Crippen molar-refractivity contribution in [3.05, 3.63) is 0 Å². The minimum absolute atomic E-state index is 0.0346. The van der Waals surface area contributed by atoms with Crippen molar-refractivity contribution in [2.24, 2.45) is 5.92 Å². The molecule has 1 atom stereocenters. The second-order valence-corrected chi connectivity index (χ2v) is 8.24. The fourth-order valence-electron chi connectivity index (χ4n) is 3.28. The highest BCUT2D eigenvalue weighted by Crippen LogP contribution is 2.43. The van der Waals surface area contributed by atoms with Crippen molar-refractivity contribution in [2.45, 2.75) is 57.1 Å². The molecule has 104 valence electrons. The summed E-state index contributed by atoms with van der Waals surface area (Å²) in [5.74, 6) is 0.770. The molecule has 0 aromatic rings. The van der Waals surface area contributed by atoms with E-state index in [0.29, 0.717) is 24.8 Å². The molecule has 1 unspecified atom stereocenters. The summed E-state index contributed by atoms with van der Waals surface area (Å²) in [7, 11) is -3.09. The summed E-state index contributed by atoms with van der Waals surface area (Å²) in [5, 5.41) is 0. The molecule has 3 fully saturated rings. The van der Waals surface area contributed by atoms with Crippen molar-refractivity contribution < 1.29 is 13.2 Å². The summed E-state index contributed by atoms with van der Waals surface area (Å²) in [4.78, 5) is 0. The minimum atomic E-state index is -3.09. The Kier molecular flexibility index (Phi) is 3.19. The highest BCUT2D eigenvalue weighted by molar-refractivity contribution is 7.89. The standard InChI is InChI=1S/C13H23NO3S/c1-11-8-14(13(10-17-11)6-3-7-13)18(15,16)9-12-4-2-5-12/h11-12H,2-10H2,1H3. The van der Waals surface area contributed by atoms with Crippen LogP contribution >= 0.6 is 0 Å². The molecule has 0 aromatic heterocycles. The normalized spacial score (nSPS) is 33.1. The lowest BCUT2D eigenvalue weighted by atomic mass is 9.76. The summed E-state index contributed by atoms with van der Waals surface area (Å²) in [6.45, 7) is 3.12. The van der Waals surface area contributed by atoms with Crippen LogP contribution < -0.4 is 0 Å². The largest absolute Gasteiger partial charge is 0.375 e. The third kappa shape index (κ3) is 2.10. The van der Waals surface area contributed by atoms with Gasteiger partial charge in [0.25, 0.3) is 0 Å². The molecule has 3 rings (SSSR count). The Hall–Kier alpha value is -0.130. The number of sulfonamides is 1. The first-order valence-corrected chi connectivity index (χ1v) is 8.75. The zero-order valence-corrected chi connectivity index (χ0v) is 11.9. The summed E-state index contributed by atoms with van der Waals surface area (Å²) in [6.07, 6.45) is 6.50. The average molecular weight is 273 g/mol. The Bertz CT molecular complexity index is 412. The summed E-state index contributed by atoms with van der Waals surface area (Å²) < 4.78 is 32.7. The van der Waals surface area contributed by atoms with Gasteiger partial charge in [-0.15, -0.1) is 0 Å². The molecule has 0 aromatic carbocycles. The van der Waals surface area contributed by atoms with Gasteiger partial charge in [0, 0.05) is 6.54 Å². The molecule has 18 heavy (non-hydrogen) atoms. The molecule has 4 nitrogen and oxygen atoms in total. The lowest BCUT2D eigenvalue weighted by Gasteiger charge is -2.53. The molecule has 0 radical (unpaired) electrons. The van der Waals surface area contributed by atoms with Crippen LogP contribution in [0.2, 0.25) is 0 Å². The van der Waals surface area contributed by atoms with Gasteiger partial charge >= 0.3 is 0 Å². The Labute approximate surface area is 110 Å². The van der Waals surface area contributed by atoms with E-state index in [1.54, 1.807) is 4.31 Å². The van der Waals surface area contributed by atoms with Gasteiger partial charge in [0.2, 0.25) is 10.0 Å². The van der Waals surface area contributed by atoms with Crippen molar-refractivity contribution in [1.82, 2.24) is 4.31 Å². The number of morpholine rings is 1. The van der Waals surface area contributed by atoms with Crippen LogP contribution in [0.1, 0.15) is 45.4 Å². The van der Waals surface area contributed by atoms with Crippen LogP contribution in [0.15, 0.2) is 0 Å². The van der Waals surface area contributed by atoms with Gasteiger partial charge in [0.1, 0.15) is 0 Å². The van der Waals surface area contributed by atoms with Crippen molar-refractivity contribution in [2.75, 3.05) is 18.9 Å². The summed E-state index contributed by atoms with van der Waals surface area (Å²) >= 11 is 0. The minimum Gasteiger partial charge on any atom is -0.375 e. The van der Waals surface area contributed by atoms with Gasteiger partial charge in [-0.05, 0) is 44.9 Å². The van der Waals surface area contributed by atoms with E-state index in [0.717, 1.165) is 32.1 Å². The van der Waals surface area contributed by atoms with Crippen molar-refractivity contribution >= 4 is 10.0 Å². The fourth-order valence-corrected chi connectivity index (χ4v) is 5.66. The molecule has 1 spiro atoms. The maximum atomic E-state index is 12.6. The second kappa shape index (κ2) is 4.46. The second-order valence-electron chi connectivity index (χ2n) is 6.31. The van der Waals surface area contributed by atoms with E-state index in [1.165, 1.54) is 6.42 Å². The Morgan fingerprint density at radius 1 is 1.28 bits per heavy atom. The zero-order chi connectivity index (χ0) is 12.8. The Morgan fingerprint density at radius 3 is 2.50 bits per heavy atom. The van der Waals surface area contributed by atoms with Gasteiger partial charge in [-0.25, -0.2) is 8.42 Å². The zero-order valence-electron chi connectivity index (χ0n) is 11.1. The monoisotopic (exact) mass is 273 g/mol. The number of hydrogen-bond donors (Lipinski definition) is 0. The molecule has 0 bridgehead atoms. The number of rotatable bonds is 3. The lowest BCUT2D eigenvalue weighted by Crippen LogP contribution is -2.64. The first kappa shape index (κ1) is 12.9. The van der Waals surface area contributed by atoms with Gasteiger partial charge in [0.05, 0.1) is 24.0 Å². The molecule has 3 aliphatic rings. The van der Waals surface area contributed by atoms with Gasteiger partial charge in [-0.3, -0.25) is 0 Å². The van der Waals surface area contributed by atoms with Crippen LogP contribution in [0.25, 0.3) is 0 Å². The molecule has 2 saturated carbocycles. The van der Waals surface area contributed by atoms with Crippen LogP contribution in [-0.2, 0) is 14.8 Å². The third-order valence-electron chi connectivity index (χ3n) is 4.88.